The maximum atomic E-state index is 8.10. The van der Waals surface area contributed by atoms with Crippen molar-refractivity contribution in [3.8, 4) is 36.4 Å². The van der Waals surface area contributed by atoms with Crippen LogP contribution in [0.3, 0.4) is 0 Å². The summed E-state index contributed by atoms with van der Waals surface area (Å²) in [5, 5.41) is 48.6. The molecule has 1 radical (unpaired) electrons. The first-order valence-corrected chi connectivity index (χ1v) is 8.09. The number of nitriles is 6. The molecule has 0 amide bonds. The second kappa shape index (κ2) is 20.8. The molecule has 0 heterocycles. The van der Waals surface area contributed by atoms with E-state index in [0.29, 0.717) is 12.7 Å². The van der Waals surface area contributed by atoms with Crippen LogP contribution < -0.4 is 0 Å². The van der Waals surface area contributed by atoms with Gasteiger partial charge in [-0.25, -0.2) is 0 Å². The van der Waals surface area contributed by atoms with Crippen LogP contribution in [0.15, 0.2) is 29.4 Å². The Labute approximate surface area is 189 Å². The van der Waals surface area contributed by atoms with Gasteiger partial charge in [0.15, 0.2) is 0 Å². The summed E-state index contributed by atoms with van der Waals surface area (Å²) in [5.74, 6) is 0. The Bertz CT molecular complexity index is 635. The number of allylic oxidation sites excluding steroid dienone is 3. The summed E-state index contributed by atoms with van der Waals surface area (Å²) < 4.78 is 1.15. The van der Waals surface area contributed by atoms with Crippen LogP contribution in [0.4, 0.5) is 0 Å². The topological polar surface area (TPSA) is 143 Å². The van der Waals surface area contributed by atoms with E-state index in [1.807, 2.05) is 0 Å². The normalized spacial score (nSPS) is 6.24. The van der Waals surface area contributed by atoms with Gasteiger partial charge in [0.05, 0.1) is 0 Å². The van der Waals surface area contributed by atoms with Gasteiger partial charge in [-0.3, -0.25) is 0 Å². The van der Waals surface area contributed by atoms with E-state index in [0.717, 1.165) is 0 Å². The molecule has 0 aliphatic heterocycles. The summed E-state index contributed by atoms with van der Waals surface area (Å²) in [6.45, 7) is 0. The van der Waals surface area contributed by atoms with Crippen molar-refractivity contribution in [2.24, 2.45) is 0 Å². The van der Waals surface area contributed by atoms with Crippen molar-refractivity contribution >= 4 is 75.8 Å². The molecule has 0 unspecified atom stereocenters. The molecule has 0 rings (SSSR count). The SMILES string of the molecule is N#CC(C#N)=C([SH2+])[SH2+].N#CC(C#N)=C([SH2+])[SH2+].N#CC(C#N)=C([SH2+])[SH2+].[Fe+3]. The smallest absolute Gasteiger partial charge is 0.191 e. The van der Waals surface area contributed by atoms with Crippen LogP contribution in [0.5, 0.6) is 0 Å². The molecule has 0 aromatic rings. The molecule has 0 bridgehead atoms. The Balaban J connectivity index is -0.000000130. The summed E-state index contributed by atoms with van der Waals surface area (Å²) in [7, 11) is 0. The fourth-order valence-corrected chi connectivity index (χ4v) is 1.08. The predicted molar refractivity (Wildman–Crippen MR) is 116 cm³/mol. The van der Waals surface area contributed by atoms with Gasteiger partial charge in [-0.1, -0.05) is 0 Å². The molecular weight excluding hydrogens is 476 g/mol. The minimum absolute atomic E-state index is 0. The monoisotopic (exact) mass is 488 g/mol. The molecule has 0 aromatic carbocycles. The van der Waals surface area contributed by atoms with Crippen LogP contribution in [0.1, 0.15) is 0 Å². The van der Waals surface area contributed by atoms with Gasteiger partial charge in [0.1, 0.15) is 36.4 Å². The van der Waals surface area contributed by atoms with Gasteiger partial charge in [0.25, 0.3) is 0 Å². The second-order valence-electron chi connectivity index (χ2n) is 2.92. The summed E-state index contributed by atoms with van der Waals surface area (Å²) in [6, 6.07) is 10.0. The van der Waals surface area contributed by atoms with E-state index in [1.54, 1.807) is 36.4 Å². The molecule has 0 saturated carbocycles. The molecule has 0 fully saturated rings. The van der Waals surface area contributed by atoms with Gasteiger partial charge in [-0.05, 0) is 0 Å². The largest absolute Gasteiger partial charge is 3.00 e. The molecule has 0 aliphatic rings. The predicted octanol–water partition coefficient (Wildman–Crippen LogP) is -2.20. The standard InChI is InChI=1S/3C4H2N2S2.Fe/c3*5-1-3(2-6)4(7)8;/h3*7-8H;/q;;;+3/p+6. The van der Waals surface area contributed by atoms with E-state index in [2.05, 4.69) is 75.8 Å². The molecule has 125 valence electrons. The summed E-state index contributed by atoms with van der Waals surface area (Å²) in [4.78, 5) is 0. The summed E-state index contributed by atoms with van der Waals surface area (Å²) in [5.41, 5.74) is 0.120. The second-order valence-corrected chi connectivity index (χ2v) is 7.42. The molecule has 25 heavy (non-hydrogen) atoms. The van der Waals surface area contributed by atoms with Gasteiger partial charge >= 0.3 is 29.8 Å². The zero-order valence-electron chi connectivity index (χ0n) is 12.0. The van der Waals surface area contributed by atoms with Crippen molar-refractivity contribution in [3.63, 3.8) is 0 Å². The van der Waals surface area contributed by atoms with Crippen LogP contribution >= 0.6 is 0 Å². The van der Waals surface area contributed by atoms with Crippen molar-refractivity contribution < 1.29 is 17.1 Å². The Morgan fingerprint density at radius 3 is 0.520 bits per heavy atom. The Kier molecular flexibility index (Phi) is 26.3. The minimum Gasteiger partial charge on any atom is -0.191 e. The summed E-state index contributed by atoms with van der Waals surface area (Å²) >= 11 is 17.7. The first kappa shape index (κ1) is 31.5. The van der Waals surface area contributed by atoms with Crippen LogP contribution in [0.25, 0.3) is 0 Å². The van der Waals surface area contributed by atoms with Crippen LogP contribution in [-0.4, -0.2) is 0 Å². The quantitative estimate of drug-likeness (QED) is 0.215. The maximum Gasteiger partial charge on any atom is 3.00 e. The Hall–Kier alpha value is -1.22. The van der Waals surface area contributed by atoms with Gasteiger partial charge < -0.3 is 0 Å². The molecule has 6 nitrogen and oxygen atoms in total. The Morgan fingerprint density at radius 1 is 0.400 bits per heavy atom. The van der Waals surface area contributed by atoms with Gasteiger partial charge in [-0.15, -0.1) is 0 Å². The van der Waals surface area contributed by atoms with Gasteiger partial charge in [0, 0.05) is 75.8 Å². The van der Waals surface area contributed by atoms with Gasteiger partial charge in [0.2, 0.25) is 16.7 Å². The molecule has 0 saturated heterocycles. The molecule has 13 heteroatoms. The summed E-state index contributed by atoms with van der Waals surface area (Å²) in [6.07, 6.45) is 0. The Morgan fingerprint density at radius 2 is 0.520 bits per heavy atom. The first-order valence-electron chi connectivity index (χ1n) is 5.09. The van der Waals surface area contributed by atoms with Crippen molar-refractivity contribution in [2.75, 3.05) is 0 Å². The maximum absolute atomic E-state index is 8.10. The molecule has 0 N–H and O–H groups in total. The van der Waals surface area contributed by atoms with Crippen LogP contribution in [0, 0.1) is 68.0 Å². The van der Waals surface area contributed by atoms with Gasteiger partial charge in [-0.2, -0.15) is 31.6 Å². The van der Waals surface area contributed by atoms with E-state index in [-0.39, 0.29) is 33.8 Å². The third kappa shape index (κ3) is 19.0. The molecule has 0 atom stereocenters. The van der Waals surface area contributed by atoms with Crippen LogP contribution in [0.2, 0.25) is 0 Å². The van der Waals surface area contributed by atoms with Crippen molar-refractivity contribution in [3.05, 3.63) is 29.4 Å². The number of rotatable bonds is 0. The number of nitrogens with zero attached hydrogens (tertiary/aromatic N) is 6. The average molecular weight is 489 g/mol. The third-order valence-electron chi connectivity index (χ3n) is 1.42. The van der Waals surface area contributed by atoms with E-state index < -0.39 is 0 Å². The van der Waals surface area contributed by atoms with Crippen molar-refractivity contribution in [2.45, 2.75) is 0 Å². The molecular formula is C12H12FeN6S6+9. The fraction of sp³-hybridized carbons (Fsp3) is 0. The molecule has 0 aromatic heterocycles. The zero-order valence-corrected chi connectivity index (χ0v) is 19.1. The fourth-order valence-electron chi connectivity index (χ4n) is 0.410. The van der Waals surface area contributed by atoms with Crippen molar-refractivity contribution in [1.29, 1.82) is 31.6 Å². The minimum atomic E-state index is 0. The van der Waals surface area contributed by atoms with Crippen LogP contribution in [-0.2, 0) is 92.8 Å². The molecule has 0 aliphatic carbocycles. The zero-order chi connectivity index (χ0) is 19.7. The number of hydrogen-bond donors (Lipinski definition) is 0. The molecule has 0 spiro atoms. The average Bonchev–Trinajstić information content (AvgIpc) is 2.51. The van der Waals surface area contributed by atoms with E-state index in [1.165, 1.54) is 0 Å². The van der Waals surface area contributed by atoms with E-state index in [4.69, 9.17) is 31.6 Å². The number of hydrogen-bond acceptors (Lipinski definition) is 6. The first-order chi connectivity index (χ1) is 11.2. The third-order valence-corrected chi connectivity index (χ3v) is 2.92. The van der Waals surface area contributed by atoms with Crippen molar-refractivity contribution in [1.82, 2.24) is 0 Å². The van der Waals surface area contributed by atoms with E-state index >= 15 is 0 Å². The van der Waals surface area contributed by atoms with E-state index in [9.17, 15) is 0 Å².